The lowest BCUT2D eigenvalue weighted by Crippen LogP contribution is -2.27. The molecule has 6 nitrogen and oxygen atoms in total. The summed E-state index contributed by atoms with van der Waals surface area (Å²) in [5, 5.41) is 5.53. The van der Waals surface area contributed by atoms with Crippen LogP contribution in [0.5, 0.6) is 0 Å². The first-order valence-corrected chi connectivity index (χ1v) is 5.85. The Bertz CT molecular complexity index is 639. The molecular weight excluding hydrogens is 232 g/mol. The number of fused-ring (bicyclic) bond motifs is 1. The molecule has 0 aromatic carbocycles. The first-order chi connectivity index (χ1) is 8.49. The van der Waals surface area contributed by atoms with Crippen molar-refractivity contribution < 1.29 is 4.79 Å². The molecule has 0 fully saturated rings. The van der Waals surface area contributed by atoms with Gasteiger partial charge in [0.15, 0.2) is 5.65 Å². The number of hydrogen-bond donors (Lipinski definition) is 2. The molecule has 2 heterocycles. The van der Waals surface area contributed by atoms with Gasteiger partial charge in [0.05, 0.1) is 0 Å². The van der Waals surface area contributed by atoms with E-state index in [2.05, 4.69) is 15.4 Å². The minimum atomic E-state index is -0.222. The first kappa shape index (κ1) is 12.3. The predicted molar refractivity (Wildman–Crippen MR) is 67.7 cm³/mol. The zero-order chi connectivity index (χ0) is 13.3. The highest BCUT2D eigenvalue weighted by molar-refractivity contribution is 5.99. The van der Waals surface area contributed by atoms with Gasteiger partial charge in [-0.2, -0.15) is 0 Å². The van der Waals surface area contributed by atoms with Gasteiger partial charge in [0.2, 0.25) is 0 Å². The van der Waals surface area contributed by atoms with E-state index in [0.29, 0.717) is 29.4 Å². The van der Waals surface area contributed by atoms with Gasteiger partial charge in [0.1, 0.15) is 5.56 Å². The zero-order valence-corrected chi connectivity index (χ0v) is 10.7. The van der Waals surface area contributed by atoms with Crippen LogP contribution in [0.2, 0.25) is 0 Å². The second-order valence-electron chi connectivity index (χ2n) is 4.69. The Morgan fingerprint density at radius 1 is 1.56 bits per heavy atom. The van der Waals surface area contributed by atoms with Gasteiger partial charge in [-0.05, 0) is 12.8 Å². The van der Waals surface area contributed by atoms with Crippen LogP contribution in [0.15, 0.2) is 17.1 Å². The van der Waals surface area contributed by atoms with Gasteiger partial charge >= 0.3 is 0 Å². The molecule has 96 valence electrons. The zero-order valence-electron chi connectivity index (χ0n) is 10.7. The summed E-state index contributed by atoms with van der Waals surface area (Å²) in [5.74, 6) is 0.150. The molecule has 1 amide bonds. The van der Waals surface area contributed by atoms with Gasteiger partial charge in [0, 0.05) is 24.5 Å². The maximum absolute atomic E-state index is 12.0. The molecular formula is C12H16N4O2. The fourth-order valence-electron chi connectivity index (χ4n) is 1.66. The van der Waals surface area contributed by atoms with Crippen LogP contribution in [-0.2, 0) is 0 Å². The van der Waals surface area contributed by atoms with Crippen LogP contribution in [0.4, 0.5) is 0 Å². The molecule has 2 N–H and O–H groups in total. The maximum Gasteiger partial charge on any atom is 0.272 e. The van der Waals surface area contributed by atoms with E-state index in [9.17, 15) is 9.59 Å². The molecule has 0 unspecified atom stereocenters. The van der Waals surface area contributed by atoms with Crippen molar-refractivity contribution in [1.29, 1.82) is 0 Å². The highest BCUT2D eigenvalue weighted by Gasteiger charge is 2.14. The van der Waals surface area contributed by atoms with Gasteiger partial charge in [-0.25, -0.2) is 9.50 Å². The van der Waals surface area contributed by atoms with Crippen LogP contribution < -0.4 is 10.9 Å². The summed E-state index contributed by atoms with van der Waals surface area (Å²) in [6.07, 6.45) is 1.50. The average molecular weight is 248 g/mol. The Kier molecular flexibility index (Phi) is 3.18. The fourth-order valence-corrected chi connectivity index (χ4v) is 1.66. The summed E-state index contributed by atoms with van der Waals surface area (Å²) >= 11 is 0. The van der Waals surface area contributed by atoms with E-state index < -0.39 is 0 Å². The van der Waals surface area contributed by atoms with Crippen molar-refractivity contribution in [3.05, 3.63) is 33.9 Å². The molecule has 0 saturated heterocycles. The summed E-state index contributed by atoms with van der Waals surface area (Å²) < 4.78 is 1.26. The highest BCUT2D eigenvalue weighted by atomic mass is 16.2. The van der Waals surface area contributed by atoms with Crippen molar-refractivity contribution in [2.75, 3.05) is 6.54 Å². The Morgan fingerprint density at radius 3 is 2.94 bits per heavy atom. The molecule has 2 aromatic heterocycles. The number of nitrogens with zero attached hydrogens (tertiary/aromatic N) is 2. The number of amides is 1. The van der Waals surface area contributed by atoms with E-state index in [1.54, 1.807) is 6.92 Å². The third kappa shape index (κ3) is 2.27. The number of carbonyl (C=O) groups is 1. The summed E-state index contributed by atoms with van der Waals surface area (Å²) in [6, 6.07) is 1.42. The summed E-state index contributed by atoms with van der Waals surface area (Å²) in [7, 11) is 0. The molecule has 0 spiro atoms. The van der Waals surface area contributed by atoms with Gasteiger partial charge in [-0.15, -0.1) is 0 Å². The van der Waals surface area contributed by atoms with Crippen LogP contribution in [0.3, 0.4) is 0 Å². The molecule has 0 radical (unpaired) electrons. The first-order valence-electron chi connectivity index (χ1n) is 5.85. The molecule has 6 heteroatoms. The van der Waals surface area contributed by atoms with Gasteiger partial charge in [-0.1, -0.05) is 13.8 Å². The molecule has 0 aliphatic rings. The number of aromatic nitrogens is 3. The average Bonchev–Trinajstić information content (AvgIpc) is 2.69. The topological polar surface area (TPSA) is 79.3 Å². The van der Waals surface area contributed by atoms with Crippen LogP contribution in [0.25, 0.3) is 5.65 Å². The van der Waals surface area contributed by atoms with Crippen molar-refractivity contribution >= 4 is 11.6 Å². The van der Waals surface area contributed by atoms with E-state index in [1.165, 1.54) is 16.8 Å². The van der Waals surface area contributed by atoms with Crippen molar-refractivity contribution in [1.82, 2.24) is 19.9 Å². The number of nitrogens with one attached hydrogen (secondary N) is 2. The Morgan fingerprint density at radius 2 is 2.28 bits per heavy atom. The molecule has 18 heavy (non-hydrogen) atoms. The van der Waals surface area contributed by atoms with Crippen LogP contribution in [0, 0.1) is 12.8 Å². The third-order valence-corrected chi connectivity index (χ3v) is 2.54. The lowest BCUT2D eigenvalue weighted by atomic mass is 10.2. The van der Waals surface area contributed by atoms with E-state index >= 15 is 0 Å². The van der Waals surface area contributed by atoms with Gasteiger partial charge < -0.3 is 5.32 Å². The van der Waals surface area contributed by atoms with E-state index in [-0.39, 0.29) is 11.5 Å². The smallest absolute Gasteiger partial charge is 0.272 e. The van der Waals surface area contributed by atoms with Gasteiger partial charge in [0.25, 0.3) is 11.5 Å². The predicted octanol–water partition coefficient (Wildman–Crippen LogP) is 0.717. The Hall–Kier alpha value is -2.11. The highest BCUT2D eigenvalue weighted by Crippen LogP contribution is 2.06. The minimum absolute atomic E-state index is 0.222. The third-order valence-electron chi connectivity index (χ3n) is 2.54. The maximum atomic E-state index is 12.0. The summed E-state index contributed by atoms with van der Waals surface area (Å²) in [4.78, 5) is 27.8. The van der Waals surface area contributed by atoms with Crippen LogP contribution in [-0.4, -0.2) is 27.0 Å². The molecule has 0 aliphatic heterocycles. The second-order valence-corrected chi connectivity index (χ2v) is 4.69. The number of aromatic amines is 1. The van der Waals surface area contributed by atoms with Crippen molar-refractivity contribution in [2.45, 2.75) is 20.8 Å². The van der Waals surface area contributed by atoms with Crippen molar-refractivity contribution in [3.8, 4) is 0 Å². The normalized spacial score (nSPS) is 11.1. The lowest BCUT2D eigenvalue weighted by Gasteiger charge is -2.06. The van der Waals surface area contributed by atoms with Crippen LogP contribution in [0.1, 0.15) is 29.9 Å². The summed E-state index contributed by atoms with van der Waals surface area (Å²) in [5.41, 5.74) is 1.12. The fraction of sp³-hybridized carbons (Fsp3) is 0.417. The molecule has 0 atom stereocenters. The number of carbonyl (C=O) groups excluding carboxylic acids is 1. The minimum Gasteiger partial charge on any atom is -0.352 e. The van der Waals surface area contributed by atoms with E-state index in [1.807, 2.05) is 13.8 Å². The number of H-pyrrole nitrogens is 1. The lowest BCUT2D eigenvalue weighted by molar-refractivity contribution is 0.0950. The molecule has 0 saturated carbocycles. The molecule has 2 rings (SSSR count). The quantitative estimate of drug-likeness (QED) is 0.839. The SMILES string of the molecule is Cc1cc(=O)n2[nH]cc(C(=O)NCC(C)C)c2n1. The number of hydrogen-bond acceptors (Lipinski definition) is 3. The Balaban J connectivity index is 2.40. The number of aryl methyl sites for hydroxylation is 1. The standard InChI is InChI=1S/C12H16N4O2/c1-7(2)5-13-12(18)9-6-14-16-10(17)4-8(3)15-11(9)16/h4,6-7,14H,5H2,1-3H3,(H,13,18). The molecule has 0 bridgehead atoms. The monoisotopic (exact) mass is 248 g/mol. The second kappa shape index (κ2) is 4.64. The van der Waals surface area contributed by atoms with Crippen molar-refractivity contribution in [3.63, 3.8) is 0 Å². The summed E-state index contributed by atoms with van der Waals surface area (Å²) in [6.45, 7) is 6.35. The molecule has 2 aromatic rings. The Labute approximate surface area is 104 Å². The van der Waals surface area contributed by atoms with E-state index in [4.69, 9.17) is 0 Å². The van der Waals surface area contributed by atoms with Crippen LogP contribution >= 0.6 is 0 Å². The van der Waals surface area contributed by atoms with E-state index in [0.717, 1.165) is 0 Å². The number of rotatable bonds is 3. The molecule has 0 aliphatic carbocycles. The largest absolute Gasteiger partial charge is 0.352 e. The van der Waals surface area contributed by atoms with Gasteiger partial charge in [-0.3, -0.25) is 14.7 Å². The van der Waals surface area contributed by atoms with Crippen molar-refractivity contribution in [2.24, 2.45) is 5.92 Å².